The number of hydrogen-bond acceptors (Lipinski definition) is 3. The van der Waals surface area contributed by atoms with Crippen LogP contribution in [-0.4, -0.2) is 22.3 Å². The Hall–Kier alpha value is -0.570. The first-order valence-corrected chi connectivity index (χ1v) is 8.49. The zero-order valence-corrected chi connectivity index (χ0v) is 14.4. The predicted octanol–water partition coefficient (Wildman–Crippen LogP) is 4.08. The molecule has 3 heteroatoms. The minimum absolute atomic E-state index is 0.109. The minimum atomic E-state index is -0.613. The molecule has 0 aromatic carbocycles. The fraction of sp³-hybridized carbons (Fsp3) is 0.944. The fourth-order valence-electron chi connectivity index (χ4n) is 4.72. The first-order chi connectivity index (χ1) is 9.54. The molecule has 0 aliphatic heterocycles. The Balaban J connectivity index is 2.06. The number of aliphatic hydroxyl groups is 1. The first-order valence-electron chi connectivity index (χ1n) is 8.49. The van der Waals surface area contributed by atoms with Crippen molar-refractivity contribution in [1.82, 2.24) is 0 Å². The summed E-state index contributed by atoms with van der Waals surface area (Å²) < 4.78 is 5.95. The SMILES string of the molecule is CC(C)CC(C)(C)C(=O)OC1(C)CC2CCCC(O)(C2)C1. The van der Waals surface area contributed by atoms with Crippen LogP contribution < -0.4 is 0 Å². The molecule has 2 aliphatic carbocycles. The second kappa shape index (κ2) is 5.57. The zero-order chi connectivity index (χ0) is 15.9. The number of ether oxygens (including phenoxy) is 1. The van der Waals surface area contributed by atoms with Gasteiger partial charge in [0, 0.05) is 6.42 Å². The second-order valence-corrected chi connectivity index (χ2v) is 8.89. The summed E-state index contributed by atoms with van der Waals surface area (Å²) in [5.41, 5.74) is -1.56. The van der Waals surface area contributed by atoms with Gasteiger partial charge in [-0.05, 0) is 58.3 Å². The Bertz CT molecular complexity index is 401. The Morgan fingerprint density at radius 3 is 2.62 bits per heavy atom. The molecule has 3 unspecified atom stereocenters. The molecule has 0 saturated heterocycles. The average molecular weight is 296 g/mol. The van der Waals surface area contributed by atoms with Crippen molar-refractivity contribution in [3.05, 3.63) is 0 Å². The van der Waals surface area contributed by atoms with Gasteiger partial charge >= 0.3 is 5.97 Å². The van der Waals surface area contributed by atoms with E-state index in [4.69, 9.17) is 4.74 Å². The minimum Gasteiger partial charge on any atom is -0.459 e. The lowest BCUT2D eigenvalue weighted by Crippen LogP contribution is -2.52. The standard InChI is InChI=1S/C18H32O3/c1-13(2)9-16(3,4)15(19)21-17(5)10-14-7-6-8-18(20,11-14)12-17/h13-14,20H,6-12H2,1-5H3. The van der Waals surface area contributed by atoms with E-state index >= 15 is 0 Å². The molecule has 2 aliphatic rings. The molecule has 0 radical (unpaired) electrons. The molecule has 21 heavy (non-hydrogen) atoms. The van der Waals surface area contributed by atoms with Crippen molar-refractivity contribution in [3.8, 4) is 0 Å². The van der Waals surface area contributed by atoms with Gasteiger partial charge in [-0.15, -0.1) is 0 Å². The Morgan fingerprint density at radius 2 is 2.05 bits per heavy atom. The maximum atomic E-state index is 12.6. The predicted molar refractivity (Wildman–Crippen MR) is 83.9 cm³/mol. The van der Waals surface area contributed by atoms with E-state index in [0.717, 1.165) is 38.5 Å². The van der Waals surface area contributed by atoms with Crippen LogP contribution in [0.15, 0.2) is 0 Å². The van der Waals surface area contributed by atoms with E-state index in [2.05, 4.69) is 13.8 Å². The number of esters is 1. The molecule has 3 atom stereocenters. The Kier molecular flexibility index (Phi) is 4.45. The van der Waals surface area contributed by atoms with E-state index in [-0.39, 0.29) is 5.97 Å². The van der Waals surface area contributed by atoms with E-state index in [1.54, 1.807) is 0 Å². The van der Waals surface area contributed by atoms with Crippen LogP contribution in [0.4, 0.5) is 0 Å². The molecule has 3 nitrogen and oxygen atoms in total. The number of fused-ring (bicyclic) bond motifs is 2. The van der Waals surface area contributed by atoms with Gasteiger partial charge < -0.3 is 9.84 Å². The molecule has 2 rings (SSSR count). The van der Waals surface area contributed by atoms with Crippen molar-refractivity contribution < 1.29 is 14.6 Å². The Labute approximate surface area is 129 Å². The summed E-state index contributed by atoms with van der Waals surface area (Å²) >= 11 is 0. The number of carbonyl (C=O) groups excluding carboxylic acids is 1. The Morgan fingerprint density at radius 1 is 1.38 bits per heavy atom. The maximum absolute atomic E-state index is 12.6. The summed E-state index contributed by atoms with van der Waals surface area (Å²) in [7, 11) is 0. The highest BCUT2D eigenvalue weighted by molar-refractivity contribution is 5.76. The van der Waals surface area contributed by atoms with Crippen molar-refractivity contribution in [1.29, 1.82) is 0 Å². The monoisotopic (exact) mass is 296 g/mol. The molecule has 0 amide bonds. The van der Waals surface area contributed by atoms with Crippen LogP contribution in [0.5, 0.6) is 0 Å². The molecular formula is C18H32O3. The van der Waals surface area contributed by atoms with Crippen molar-refractivity contribution >= 4 is 5.97 Å². The molecule has 2 saturated carbocycles. The highest BCUT2D eigenvalue weighted by Gasteiger charge is 2.50. The van der Waals surface area contributed by atoms with Crippen LogP contribution in [0.3, 0.4) is 0 Å². The van der Waals surface area contributed by atoms with Crippen LogP contribution in [0, 0.1) is 17.3 Å². The van der Waals surface area contributed by atoms with Crippen LogP contribution in [0.2, 0.25) is 0 Å². The summed E-state index contributed by atoms with van der Waals surface area (Å²) in [4.78, 5) is 12.6. The largest absolute Gasteiger partial charge is 0.459 e. The highest BCUT2D eigenvalue weighted by Crippen LogP contribution is 2.48. The van der Waals surface area contributed by atoms with Gasteiger partial charge in [-0.1, -0.05) is 26.7 Å². The van der Waals surface area contributed by atoms with Crippen LogP contribution in [-0.2, 0) is 9.53 Å². The smallest absolute Gasteiger partial charge is 0.312 e. The molecule has 2 fully saturated rings. The summed E-state index contributed by atoms with van der Waals surface area (Å²) in [6, 6.07) is 0. The van der Waals surface area contributed by atoms with Crippen LogP contribution in [0.1, 0.15) is 79.6 Å². The normalized spacial score (nSPS) is 36.6. The molecular weight excluding hydrogens is 264 g/mol. The van der Waals surface area contributed by atoms with Gasteiger partial charge in [0.15, 0.2) is 0 Å². The van der Waals surface area contributed by atoms with Gasteiger partial charge in [-0.3, -0.25) is 4.79 Å². The molecule has 0 aromatic rings. The lowest BCUT2D eigenvalue weighted by atomic mass is 9.64. The summed E-state index contributed by atoms with van der Waals surface area (Å²) in [6.45, 7) is 10.2. The topological polar surface area (TPSA) is 46.5 Å². The van der Waals surface area contributed by atoms with Gasteiger partial charge in [0.2, 0.25) is 0 Å². The number of hydrogen-bond donors (Lipinski definition) is 1. The van der Waals surface area contributed by atoms with Gasteiger partial charge in [0.1, 0.15) is 5.60 Å². The zero-order valence-electron chi connectivity index (χ0n) is 14.4. The van der Waals surface area contributed by atoms with Crippen molar-refractivity contribution in [2.24, 2.45) is 17.3 Å². The maximum Gasteiger partial charge on any atom is 0.312 e. The number of carbonyl (C=O) groups is 1. The third-order valence-electron chi connectivity index (χ3n) is 5.16. The third kappa shape index (κ3) is 4.00. The molecule has 0 spiro atoms. The van der Waals surface area contributed by atoms with Gasteiger partial charge in [0.25, 0.3) is 0 Å². The van der Waals surface area contributed by atoms with Gasteiger partial charge in [0.05, 0.1) is 11.0 Å². The van der Waals surface area contributed by atoms with E-state index in [1.165, 1.54) is 0 Å². The van der Waals surface area contributed by atoms with Crippen LogP contribution >= 0.6 is 0 Å². The van der Waals surface area contributed by atoms with E-state index in [0.29, 0.717) is 18.3 Å². The van der Waals surface area contributed by atoms with Gasteiger partial charge in [-0.25, -0.2) is 0 Å². The lowest BCUT2D eigenvalue weighted by Gasteiger charge is -2.50. The van der Waals surface area contributed by atoms with Crippen molar-refractivity contribution in [2.75, 3.05) is 0 Å². The molecule has 122 valence electrons. The molecule has 0 heterocycles. The second-order valence-electron chi connectivity index (χ2n) is 8.89. The molecule has 0 aromatic heterocycles. The summed E-state index contributed by atoms with van der Waals surface area (Å²) in [6.07, 6.45) is 6.32. The highest BCUT2D eigenvalue weighted by atomic mass is 16.6. The van der Waals surface area contributed by atoms with E-state index in [9.17, 15) is 9.90 Å². The van der Waals surface area contributed by atoms with Crippen molar-refractivity contribution in [2.45, 2.75) is 90.8 Å². The molecule has 2 bridgehead atoms. The quantitative estimate of drug-likeness (QED) is 0.795. The summed E-state index contributed by atoms with van der Waals surface area (Å²) in [5.74, 6) is 0.862. The lowest BCUT2D eigenvalue weighted by molar-refractivity contribution is -0.190. The molecule has 1 N–H and O–H groups in total. The number of rotatable bonds is 4. The van der Waals surface area contributed by atoms with E-state index < -0.39 is 16.6 Å². The van der Waals surface area contributed by atoms with Gasteiger partial charge in [-0.2, -0.15) is 0 Å². The summed E-state index contributed by atoms with van der Waals surface area (Å²) in [5, 5.41) is 10.7. The van der Waals surface area contributed by atoms with E-state index in [1.807, 2.05) is 20.8 Å². The average Bonchev–Trinajstić information content (AvgIpc) is 2.23. The van der Waals surface area contributed by atoms with Crippen LogP contribution in [0.25, 0.3) is 0 Å². The fourth-order valence-corrected chi connectivity index (χ4v) is 4.72. The first kappa shape index (κ1) is 16.8. The van der Waals surface area contributed by atoms with Crippen molar-refractivity contribution in [3.63, 3.8) is 0 Å². The third-order valence-corrected chi connectivity index (χ3v) is 5.16.